The van der Waals surface area contributed by atoms with Gasteiger partial charge in [-0.3, -0.25) is 14.9 Å². The van der Waals surface area contributed by atoms with Gasteiger partial charge in [0.1, 0.15) is 5.56 Å². The van der Waals surface area contributed by atoms with Crippen LogP contribution >= 0.6 is 11.3 Å². The van der Waals surface area contributed by atoms with Gasteiger partial charge in [-0.15, -0.1) is 11.3 Å². The van der Waals surface area contributed by atoms with Gasteiger partial charge in [0.15, 0.2) is 11.6 Å². The third kappa shape index (κ3) is 3.57. The smallest absolute Gasteiger partial charge is 0.285 e. The van der Waals surface area contributed by atoms with Gasteiger partial charge in [0.05, 0.1) is 22.2 Å². The summed E-state index contributed by atoms with van der Waals surface area (Å²) >= 11 is 1.40. The van der Waals surface area contributed by atoms with Crippen LogP contribution in [-0.4, -0.2) is 22.4 Å². The Labute approximate surface area is 121 Å². The molecule has 0 atom stereocenters. The van der Waals surface area contributed by atoms with Gasteiger partial charge in [0, 0.05) is 18.3 Å². The maximum atomic E-state index is 13.1. The molecule has 110 valence electrons. The van der Waals surface area contributed by atoms with Crippen LogP contribution in [0.15, 0.2) is 23.0 Å². The number of carbonyl (C=O) groups excluding carboxylic acids is 1. The summed E-state index contributed by atoms with van der Waals surface area (Å²) in [4.78, 5) is 25.7. The first-order valence-electron chi connectivity index (χ1n) is 5.77. The highest BCUT2D eigenvalue weighted by molar-refractivity contribution is 7.07. The number of amides is 1. The quantitative estimate of drug-likeness (QED) is 0.678. The molecular formula is C12H9F2N3O3S. The van der Waals surface area contributed by atoms with E-state index >= 15 is 0 Å². The molecule has 0 saturated heterocycles. The van der Waals surface area contributed by atoms with E-state index in [0.29, 0.717) is 18.6 Å². The lowest BCUT2D eigenvalue weighted by Gasteiger charge is -2.05. The predicted molar refractivity (Wildman–Crippen MR) is 71.2 cm³/mol. The molecule has 1 aromatic heterocycles. The highest BCUT2D eigenvalue weighted by Crippen LogP contribution is 2.22. The Kier molecular flexibility index (Phi) is 4.53. The number of rotatable bonds is 5. The first-order valence-corrected chi connectivity index (χ1v) is 6.72. The molecule has 0 aliphatic heterocycles. The number of nitro benzene ring substituents is 1. The second kappa shape index (κ2) is 6.35. The van der Waals surface area contributed by atoms with Crippen LogP contribution in [0.1, 0.15) is 16.1 Å². The fourth-order valence-electron chi connectivity index (χ4n) is 1.63. The normalized spacial score (nSPS) is 10.4. The zero-order valence-electron chi connectivity index (χ0n) is 10.5. The van der Waals surface area contributed by atoms with E-state index in [2.05, 4.69) is 10.3 Å². The van der Waals surface area contributed by atoms with E-state index in [-0.39, 0.29) is 6.54 Å². The SMILES string of the molecule is O=C(NCCc1cscn1)c1cc(F)c(F)cc1[N+](=O)[O-]. The topological polar surface area (TPSA) is 85.1 Å². The zero-order chi connectivity index (χ0) is 15.4. The summed E-state index contributed by atoms with van der Waals surface area (Å²) in [6, 6.07) is 0.913. The van der Waals surface area contributed by atoms with Gasteiger partial charge in [-0.1, -0.05) is 0 Å². The number of thiazole rings is 1. The van der Waals surface area contributed by atoms with Gasteiger partial charge in [-0.25, -0.2) is 13.8 Å². The molecule has 1 aromatic carbocycles. The Balaban J connectivity index is 2.11. The molecule has 21 heavy (non-hydrogen) atoms. The minimum Gasteiger partial charge on any atom is -0.351 e. The molecule has 1 amide bonds. The van der Waals surface area contributed by atoms with Crippen molar-refractivity contribution in [2.24, 2.45) is 0 Å². The van der Waals surface area contributed by atoms with E-state index in [0.717, 1.165) is 5.69 Å². The monoisotopic (exact) mass is 313 g/mol. The molecule has 0 saturated carbocycles. The number of benzene rings is 1. The Morgan fingerprint density at radius 3 is 2.71 bits per heavy atom. The molecule has 0 aliphatic rings. The van der Waals surface area contributed by atoms with Gasteiger partial charge in [0.25, 0.3) is 11.6 Å². The number of carbonyl (C=O) groups is 1. The first kappa shape index (κ1) is 15.0. The van der Waals surface area contributed by atoms with E-state index in [1.165, 1.54) is 11.3 Å². The van der Waals surface area contributed by atoms with E-state index in [4.69, 9.17) is 0 Å². The van der Waals surface area contributed by atoms with Crippen LogP contribution in [0, 0.1) is 21.7 Å². The predicted octanol–water partition coefficient (Wildman–Crippen LogP) is 2.30. The molecule has 6 nitrogen and oxygen atoms in total. The number of hydrogen-bond donors (Lipinski definition) is 1. The van der Waals surface area contributed by atoms with Gasteiger partial charge in [0.2, 0.25) is 0 Å². The van der Waals surface area contributed by atoms with Crippen molar-refractivity contribution in [3.8, 4) is 0 Å². The number of nitro groups is 1. The lowest BCUT2D eigenvalue weighted by Crippen LogP contribution is -2.26. The molecule has 1 N–H and O–H groups in total. The Morgan fingerprint density at radius 2 is 2.10 bits per heavy atom. The molecule has 9 heteroatoms. The van der Waals surface area contributed by atoms with Crippen LogP contribution in [-0.2, 0) is 6.42 Å². The molecule has 0 radical (unpaired) electrons. The van der Waals surface area contributed by atoms with Gasteiger partial charge < -0.3 is 5.32 Å². The highest BCUT2D eigenvalue weighted by Gasteiger charge is 2.23. The Bertz CT molecular complexity index is 677. The third-order valence-electron chi connectivity index (χ3n) is 2.63. The molecule has 0 unspecified atom stereocenters. The van der Waals surface area contributed by atoms with Crippen molar-refractivity contribution in [3.05, 3.63) is 56.0 Å². The van der Waals surface area contributed by atoms with Crippen molar-refractivity contribution in [1.29, 1.82) is 0 Å². The molecule has 0 bridgehead atoms. The van der Waals surface area contributed by atoms with Crippen molar-refractivity contribution in [1.82, 2.24) is 10.3 Å². The van der Waals surface area contributed by atoms with Crippen LogP contribution < -0.4 is 5.32 Å². The minimum absolute atomic E-state index is 0.179. The fraction of sp³-hybridized carbons (Fsp3) is 0.167. The summed E-state index contributed by atoms with van der Waals surface area (Å²) < 4.78 is 26.1. The summed E-state index contributed by atoms with van der Waals surface area (Å²) in [7, 11) is 0. The summed E-state index contributed by atoms with van der Waals surface area (Å²) in [5, 5.41) is 15.0. The average Bonchev–Trinajstić information content (AvgIpc) is 2.94. The number of aromatic nitrogens is 1. The highest BCUT2D eigenvalue weighted by atomic mass is 32.1. The standard InChI is InChI=1S/C12H9F2N3O3S/c13-9-3-8(11(17(19)20)4-10(9)14)12(18)15-2-1-7-5-21-6-16-7/h3-6H,1-2H2,(H,15,18). The van der Waals surface area contributed by atoms with E-state index in [1.807, 2.05) is 0 Å². The van der Waals surface area contributed by atoms with Crippen LogP contribution in [0.3, 0.4) is 0 Å². The Morgan fingerprint density at radius 1 is 1.38 bits per heavy atom. The van der Waals surface area contributed by atoms with Crippen molar-refractivity contribution in [3.63, 3.8) is 0 Å². The second-order valence-electron chi connectivity index (χ2n) is 4.03. The maximum Gasteiger partial charge on any atom is 0.285 e. The third-order valence-corrected chi connectivity index (χ3v) is 3.27. The molecule has 1 heterocycles. The Hall–Kier alpha value is -2.42. The van der Waals surface area contributed by atoms with Gasteiger partial charge in [-0.05, 0) is 6.07 Å². The first-order chi connectivity index (χ1) is 9.99. The molecule has 0 spiro atoms. The van der Waals surface area contributed by atoms with Gasteiger partial charge >= 0.3 is 0 Å². The molecule has 0 fully saturated rings. The van der Waals surface area contributed by atoms with Crippen LogP contribution in [0.5, 0.6) is 0 Å². The largest absolute Gasteiger partial charge is 0.351 e. The second-order valence-corrected chi connectivity index (χ2v) is 4.74. The van der Waals surface area contributed by atoms with Crippen molar-refractivity contribution < 1.29 is 18.5 Å². The summed E-state index contributed by atoms with van der Waals surface area (Å²) in [5.41, 5.74) is 1.11. The summed E-state index contributed by atoms with van der Waals surface area (Å²) in [6.45, 7) is 0.179. The average molecular weight is 313 g/mol. The van der Waals surface area contributed by atoms with Crippen LogP contribution in [0.25, 0.3) is 0 Å². The number of nitrogens with zero attached hydrogens (tertiary/aromatic N) is 2. The number of nitrogens with one attached hydrogen (secondary N) is 1. The van der Waals surface area contributed by atoms with E-state index in [9.17, 15) is 23.7 Å². The molecule has 2 rings (SSSR count). The lowest BCUT2D eigenvalue weighted by molar-refractivity contribution is -0.385. The number of halogens is 2. The minimum atomic E-state index is -1.37. The lowest BCUT2D eigenvalue weighted by atomic mass is 10.1. The van der Waals surface area contributed by atoms with Crippen molar-refractivity contribution in [2.45, 2.75) is 6.42 Å². The molecular weight excluding hydrogens is 304 g/mol. The summed E-state index contributed by atoms with van der Waals surface area (Å²) in [5.74, 6) is -3.53. The van der Waals surface area contributed by atoms with Gasteiger partial charge in [-0.2, -0.15) is 0 Å². The van der Waals surface area contributed by atoms with Crippen molar-refractivity contribution in [2.75, 3.05) is 6.54 Å². The summed E-state index contributed by atoms with van der Waals surface area (Å²) in [6.07, 6.45) is 0.437. The maximum absolute atomic E-state index is 13.1. The van der Waals surface area contributed by atoms with Crippen molar-refractivity contribution >= 4 is 22.9 Å². The molecule has 0 aliphatic carbocycles. The fourth-order valence-corrected chi connectivity index (χ4v) is 2.22. The zero-order valence-corrected chi connectivity index (χ0v) is 11.3. The number of hydrogen-bond acceptors (Lipinski definition) is 5. The van der Waals surface area contributed by atoms with E-state index < -0.39 is 33.7 Å². The molecule has 2 aromatic rings. The van der Waals surface area contributed by atoms with Crippen LogP contribution in [0.2, 0.25) is 0 Å². The van der Waals surface area contributed by atoms with Crippen LogP contribution in [0.4, 0.5) is 14.5 Å². The van der Waals surface area contributed by atoms with E-state index in [1.54, 1.807) is 10.9 Å².